The van der Waals surface area contributed by atoms with E-state index >= 15 is 0 Å². The van der Waals surface area contributed by atoms with E-state index in [-0.39, 0.29) is 18.9 Å². The highest BCUT2D eigenvalue weighted by molar-refractivity contribution is 5.86. The SMILES string of the molecule is O=C(O)C1CC(=O)N(CCc2ccc(F)c(F)c2)C1. The Hall–Kier alpha value is -1.98. The predicted molar refractivity (Wildman–Crippen MR) is 62.4 cm³/mol. The van der Waals surface area contributed by atoms with Crippen LogP contribution in [0.4, 0.5) is 8.78 Å². The molecule has 1 aliphatic heterocycles. The van der Waals surface area contributed by atoms with Crippen molar-refractivity contribution in [1.82, 2.24) is 4.90 Å². The van der Waals surface area contributed by atoms with Gasteiger partial charge in [0.15, 0.2) is 11.6 Å². The molecule has 1 atom stereocenters. The zero-order valence-corrected chi connectivity index (χ0v) is 10.1. The Morgan fingerprint density at radius 1 is 1.37 bits per heavy atom. The number of carboxylic acid groups (broad SMARTS) is 1. The maximum absolute atomic E-state index is 13.0. The zero-order valence-electron chi connectivity index (χ0n) is 10.1. The Balaban J connectivity index is 1.94. The summed E-state index contributed by atoms with van der Waals surface area (Å²) < 4.78 is 25.7. The van der Waals surface area contributed by atoms with Gasteiger partial charge in [-0.1, -0.05) is 6.07 Å². The lowest BCUT2D eigenvalue weighted by atomic mass is 10.1. The molecule has 1 saturated heterocycles. The number of hydrogen-bond donors (Lipinski definition) is 1. The molecule has 0 aliphatic carbocycles. The highest BCUT2D eigenvalue weighted by atomic mass is 19.2. The molecule has 4 nitrogen and oxygen atoms in total. The Morgan fingerprint density at radius 3 is 2.68 bits per heavy atom. The maximum atomic E-state index is 13.0. The fourth-order valence-corrected chi connectivity index (χ4v) is 2.11. The summed E-state index contributed by atoms with van der Waals surface area (Å²) in [6.07, 6.45) is 0.377. The molecule has 102 valence electrons. The molecule has 0 spiro atoms. The second-order valence-electron chi connectivity index (χ2n) is 4.58. The topological polar surface area (TPSA) is 57.6 Å². The molecule has 0 radical (unpaired) electrons. The van der Waals surface area contributed by atoms with Gasteiger partial charge >= 0.3 is 5.97 Å². The largest absolute Gasteiger partial charge is 0.481 e. The molecule has 0 saturated carbocycles. The first-order valence-corrected chi connectivity index (χ1v) is 5.92. The molecular weight excluding hydrogens is 256 g/mol. The van der Waals surface area contributed by atoms with Gasteiger partial charge in [-0.25, -0.2) is 8.78 Å². The number of nitrogens with zero attached hydrogens (tertiary/aromatic N) is 1. The lowest BCUT2D eigenvalue weighted by molar-refractivity contribution is -0.141. The van der Waals surface area contributed by atoms with E-state index in [1.165, 1.54) is 11.0 Å². The molecule has 1 amide bonds. The van der Waals surface area contributed by atoms with Gasteiger partial charge in [0.1, 0.15) is 0 Å². The van der Waals surface area contributed by atoms with Crippen LogP contribution in [-0.4, -0.2) is 35.0 Å². The number of carbonyl (C=O) groups is 2. The number of halogens is 2. The molecule has 1 aromatic rings. The second kappa shape index (κ2) is 5.34. The summed E-state index contributed by atoms with van der Waals surface area (Å²) in [5, 5.41) is 8.83. The number of amides is 1. The van der Waals surface area contributed by atoms with Crippen LogP contribution in [0.15, 0.2) is 18.2 Å². The number of benzene rings is 1. The van der Waals surface area contributed by atoms with Crippen LogP contribution in [0.1, 0.15) is 12.0 Å². The zero-order chi connectivity index (χ0) is 14.0. The van der Waals surface area contributed by atoms with Gasteiger partial charge in [-0.3, -0.25) is 9.59 Å². The molecular formula is C13H13F2NO3. The van der Waals surface area contributed by atoms with Crippen LogP contribution >= 0.6 is 0 Å². The molecule has 1 fully saturated rings. The van der Waals surface area contributed by atoms with Crippen LogP contribution in [-0.2, 0) is 16.0 Å². The van der Waals surface area contributed by atoms with Crippen molar-refractivity contribution in [3.8, 4) is 0 Å². The van der Waals surface area contributed by atoms with Crippen molar-refractivity contribution >= 4 is 11.9 Å². The first-order chi connectivity index (χ1) is 8.97. The predicted octanol–water partition coefficient (Wildman–Crippen LogP) is 1.44. The van der Waals surface area contributed by atoms with Gasteiger partial charge < -0.3 is 10.0 Å². The summed E-state index contributed by atoms with van der Waals surface area (Å²) >= 11 is 0. The average molecular weight is 269 g/mol. The lowest BCUT2D eigenvalue weighted by Crippen LogP contribution is -2.28. The highest BCUT2D eigenvalue weighted by Crippen LogP contribution is 2.18. The first-order valence-electron chi connectivity index (χ1n) is 5.92. The van der Waals surface area contributed by atoms with Crippen molar-refractivity contribution in [1.29, 1.82) is 0 Å². The number of carboxylic acids is 1. The van der Waals surface area contributed by atoms with Gasteiger partial charge in [0.05, 0.1) is 5.92 Å². The highest BCUT2D eigenvalue weighted by Gasteiger charge is 2.33. The molecule has 19 heavy (non-hydrogen) atoms. The van der Waals surface area contributed by atoms with Crippen molar-refractivity contribution in [3.05, 3.63) is 35.4 Å². The van der Waals surface area contributed by atoms with E-state index in [9.17, 15) is 18.4 Å². The quantitative estimate of drug-likeness (QED) is 0.899. The van der Waals surface area contributed by atoms with E-state index in [1.54, 1.807) is 0 Å². The Labute approximate surface area is 108 Å². The number of hydrogen-bond acceptors (Lipinski definition) is 2. The minimum atomic E-state index is -0.983. The molecule has 0 aromatic heterocycles. The smallest absolute Gasteiger partial charge is 0.308 e. The summed E-state index contributed by atoms with van der Waals surface area (Å²) in [6, 6.07) is 3.58. The van der Waals surface area contributed by atoms with Gasteiger partial charge in [0.25, 0.3) is 0 Å². The third kappa shape index (κ3) is 3.07. The summed E-state index contributed by atoms with van der Waals surface area (Å²) in [5.74, 6) is -3.70. The van der Waals surface area contributed by atoms with Gasteiger partial charge in [0.2, 0.25) is 5.91 Å². The maximum Gasteiger partial charge on any atom is 0.308 e. The van der Waals surface area contributed by atoms with E-state index in [0.717, 1.165) is 12.1 Å². The van der Waals surface area contributed by atoms with Crippen LogP contribution in [0.25, 0.3) is 0 Å². The molecule has 0 bridgehead atoms. The Morgan fingerprint density at radius 2 is 2.11 bits per heavy atom. The van der Waals surface area contributed by atoms with Gasteiger partial charge in [-0.2, -0.15) is 0 Å². The minimum Gasteiger partial charge on any atom is -0.481 e. The molecule has 6 heteroatoms. The van der Waals surface area contributed by atoms with Crippen LogP contribution in [0.5, 0.6) is 0 Å². The van der Waals surface area contributed by atoms with Crippen molar-refractivity contribution in [2.45, 2.75) is 12.8 Å². The Kier molecular flexibility index (Phi) is 3.78. The Bertz CT molecular complexity index is 519. The summed E-state index contributed by atoms with van der Waals surface area (Å²) in [4.78, 5) is 23.8. The third-order valence-corrected chi connectivity index (χ3v) is 3.22. The lowest BCUT2D eigenvalue weighted by Gasteiger charge is -2.15. The molecule has 1 aliphatic rings. The number of aliphatic carboxylic acids is 1. The van der Waals surface area contributed by atoms with Crippen LogP contribution in [0, 0.1) is 17.6 Å². The normalized spacial score (nSPS) is 18.9. The van der Waals surface area contributed by atoms with Crippen molar-refractivity contribution in [2.75, 3.05) is 13.1 Å². The standard InChI is InChI=1S/C13H13F2NO3/c14-10-2-1-8(5-11(10)15)3-4-16-7-9(13(18)19)6-12(16)17/h1-2,5,9H,3-4,6-7H2,(H,18,19). The van der Waals surface area contributed by atoms with Crippen LogP contribution < -0.4 is 0 Å². The minimum absolute atomic E-state index is 0.00706. The van der Waals surface area contributed by atoms with Gasteiger partial charge in [-0.15, -0.1) is 0 Å². The van der Waals surface area contributed by atoms with Crippen LogP contribution in [0.2, 0.25) is 0 Å². The third-order valence-electron chi connectivity index (χ3n) is 3.22. The molecule has 1 aromatic carbocycles. The number of carbonyl (C=O) groups excluding carboxylic acids is 1. The molecule has 2 rings (SSSR count). The van der Waals surface area contributed by atoms with Crippen LogP contribution in [0.3, 0.4) is 0 Å². The summed E-state index contributed by atoms with van der Waals surface area (Å²) in [5.41, 5.74) is 0.575. The van der Waals surface area contributed by atoms with E-state index in [2.05, 4.69) is 0 Å². The van der Waals surface area contributed by atoms with Crippen molar-refractivity contribution < 1.29 is 23.5 Å². The fraction of sp³-hybridized carbons (Fsp3) is 0.385. The van der Waals surface area contributed by atoms with E-state index in [4.69, 9.17) is 5.11 Å². The van der Waals surface area contributed by atoms with Gasteiger partial charge in [0, 0.05) is 19.5 Å². The van der Waals surface area contributed by atoms with Crippen molar-refractivity contribution in [2.24, 2.45) is 5.92 Å². The van der Waals surface area contributed by atoms with Gasteiger partial charge in [-0.05, 0) is 24.1 Å². The number of likely N-dealkylation sites (tertiary alicyclic amines) is 1. The molecule has 1 N–H and O–H groups in total. The van der Waals surface area contributed by atoms with E-state index in [0.29, 0.717) is 18.5 Å². The van der Waals surface area contributed by atoms with Crippen molar-refractivity contribution in [3.63, 3.8) is 0 Å². The number of rotatable bonds is 4. The first kappa shape index (κ1) is 13.5. The summed E-state index contributed by atoms with van der Waals surface area (Å²) in [7, 11) is 0. The molecule has 1 heterocycles. The van der Waals surface area contributed by atoms with E-state index < -0.39 is 23.5 Å². The molecule has 1 unspecified atom stereocenters. The second-order valence-corrected chi connectivity index (χ2v) is 4.58. The monoisotopic (exact) mass is 269 g/mol. The van der Waals surface area contributed by atoms with E-state index in [1.807, 2.05) is 0 Å². The fourth-order valence-electron chi connectivity index (χ4n) is 2.11. The summed E-state index contributed by atoms with van der Waals surface area (Å²) in [6.45, 7) is 0.492. The average Bonchev–Trinajstić information content (AvgIpc) is 2.73.